The Bertz CT molecular complexity index is 1170. The Labute approximate surface area is 186 Å². The summed E-state index contributed by atoms with van der Waals surface area (Å²) in [4.78, 5) is 39.1. The number of benzene rings is 2. The normalized spacial score (nSPS) is 17.9. The van der Waals surface area contributed by atoms with Gasteiger partial charge >= 0.3 is 0 Å². The number of nitrogens with one attached hydrogen (secondary N) is 1. The minimum absolute atomic E-state index is 0.0885. The molecule has 0 aliphatic carbocycles. The Hall–Kier alpha value is -3.08. The van der Waals surface area contributed by atoms with Gasteiger partial charge in [-0.25, -0.2) is 8.42 Å². The number of hydrogen-bond acceptors (Lipinski definition) is 6. The summed E-state index contributed by atoms with van der Waals surface area (Å²) in [5, 5.41) is 2.64. The van der Waals surface area contributed by atoms with E-state index in [4.69, 9.17) is 4.74 Å². The number of imide groups is 1. The summed E-state index contributed by atoms with van der Waals surface area (Å²) in [6.45, 7) is 4.31. The molecule has 32 heavy (non-hydrogen) atoms. The molecule has 1 N–H and O–H groups in total. The predicted molar refractivity (Wildman–Crippen MR) is 116 cm³/mol. The van der Waals surface area contributed by atoms with Crippen molar-refractivity contribution in [2.75, 3.05) is 31.6 Å². The highest BCUT2D eigenvalue weighted by molar-refractivity contribution is 7.89. The lowest BCUT2D eigenvalue weighted by Crippen LogP contribution is -2.45. The summed E-state index contributed by atoms with van der Waals surface area (Å²) in [7, 11) is -3.76. The number of carbonyl (C=O) groups is 3. The maximum Gasteiger partial charge on any atom is 0.262 e. The Kier molecular flexibility index (Phi) is 5.85. The van der Waals surface area contributed by atoms with E-state index in [1.165, 1.54) is 17.3 Å². The van der Waals surface area contributed by atoms with Gasteiger partial charge < -0.3 is 10.1 Å². The van der Waals surface area contributed by atoms with Gasteiger partial charge in [0.05, 0.1) is 29.2 Å². The van der Waals surface area contributed by atoms with Crippen molar-refractivity contribution in [1.29, 1.82) is 0 Å². The van der Waals surface area contributed by atoms with Gasteiger partial charge in [0, 0.05) is 18.8 Å². The third-order valence-electron chi connectivity index (χ3n) is 5.64. The van der Waals surface area contributed by atoms with Crippen LogP contribution in [0.15, 0.2) is 47.4 Å². The lowest BCUT2D eigenvalue weighted by Gasteiger charge is -2.27. The first-order valence-corrected chi connectivity index (χ1v) is 11.6. The Balaban J connectivity index is 1.55. The van der Waals surface area contributed by atoms with Gasteiger partial charge in [-0.2, -0.15) is 4.31 Å². The monoisotopic (exact) mass is 457 g/mol. The van der Waals surface area contributed by atoms with Gasteiger partial charge in [0.25, 0.3) is 11.8 Å². The van der Waals surface area contributed by atoms with Crippen LogP contribution in [-0.2, 0) is 19.6 Å². The van der Waals surface area contributed by atoms with Crippen LogP contribution in [0.5, 0.6) is 0 Å². The van der Waals surface area contributed by atoms with Crippen molar-refractivity contribution >= 4 is 33.4 Å². The van der Waals surface area contributed by atoms with Crippen molar-refractivity contribution in [3.8, 4) is 0 Å². The summed E-state index contributed by atoms with van der Waals surface area (Å²) in [5.41, 5.74) is 1.32. The zero-order chi connectivity index (χ0) is 23.0. The smallest absolute Gasteiger partial charge is 0.262 e. The number of anilines is 1. The van der Waals surface area contributed by atoms with Crippen LogP contribution in [0.3, 0.4) is 0 Å². The lowest BCUT2D eigenvalue weighted by atomic mass is 10.1. The van der Waals surface area contributed by atoms with Crippen molar-refractivity contribution in [3.63, 3.8) is 0 Å². The summed E-state index contributed by atoms with van der Waals surface area (Å²) in [6, 6.07) is 9.90. The van der Waals surface area contributed by atoms with Gasteiger partial charge in [-0.15, -0.1) is 0 Å². The second kappa shape index (κ2) is 8.45. The van der Waals surface area contributed by atoms with E-state index in [0.717, 1.165) is 4.90 Å². The van der Waals surface area contributed by atoms with E-state index < -0.39 is 33.8 Å². The first kappa shape index (κ1) is 22.1. The molecule has 1 saturated heterocycles. The number of hydrogen-bond donors (Lipinski definition) is 1. The number of rotatable bonds is 5. The number of aryl methyl sites for hydroxylation is 1. The van der Waals surface area contributed by atoms with E-state index in [-0.39, 0.29) is 34.8 Å². The molecule has 1 fully saturated rings. The van der Waals surface area contributed by atoms with E-state index in [1.54, 1.807) is 43.3 Å². The summed E-state index contributed by atoms with van der Waals surface area (Å²) >= 11 is 0. The topological polar surface area (TPSA) is 113 Å². The van der Waals surface area contributed by atoms with Gasteiger partial charge in [0.2, 0.25) is 15.9 Å². The number of morpholine rings is 1. The van der Waals surface area contributed by atoms with Gasteiger partial charge in [0.15, 0.2) is 0 Å². The fraction of sp³-hybridized carbons (Fsp3) is 0.318. The van der Waals surface area contributed by atoms with Crippen molar-refractivity contribution < 1.29 is 27.5 Å². The van der Waals surface area contributed by atoms with Crippen LogP contribution in [0, 0.1) is 6.92 Å². The molecule has 0 saturated carbocycles. The molecule has 0 aromatic heterocycles. The van der Waals surface area contributed by atoms with Crippen molar-refractivity contribution in [1.82, 2.24) is 9.21 Å². The van der Waals surface area contributed by atoms with Crippen LogP contribution >= 0.6 is 0 Å². The molecule has 0 unspecified atom stereocenters. The average Bonchev–Trinajstić information content (AvgIpc) is 3.05. The minimum atomic E-state index is -3.76. The molecule has 2 aromatic carbocycles. The Morgan fingerprint density at radius 2 is 1.62 bits per heavy atom. The standard InChI is InChI=1S/C22H23N3O6S/c1-14-7-8-16(13-19(14)32(29,30)24-9-11-31-12-10-24)23-20(26)15(2)25-21(27)17-5-3-4-6-18(17)22(25)28/h3-8,13,15H,9-12H2,1-2H3,(H,23,26)/t15-/m1/s1. The van der Waals surface area contributed by atoms with Crippen LogP contribution < -0.4 is 5.32 Å². The number of ether oxygens (including phenoxy) is 1. The number of fused-ring (bicyclic) bond motifs is 1. The van der Waals surface area contributed by atoms with Crippen molar-refractivity contribution in [3.05, 3.63) is 59.2 Å². The quantitative estimate of drug-likeness (QED) is 0.683. The molecule has 4 rings (SSSR count). The number of amides is 3. The van der Waals surface area contributed by atoms with Gasteiger partial charge in [-0.05, 0) is 43.7 Å². The molecule has 0 radical (unpaired) electrons. The minimum Gasteiger partial charge on any atom is -0.379 e. The number of carbonyl (C=O) groups excluding carboxylic acids is 3. The number of nitrogens with zero attached hydrogens (tertiary/aromatic N) is 2. The molecule has 2 aliphatic heterocycles. The number of sulfonamides is 1. The molecule has 1 atom stereocenters. The fourth-order valence-electron chi connectivity index (χ4n) is 3.81. The van der Waals surface area contributed by atoms with Gasteiger partial charge in [-0.3, -0.25) is 19.3 Å². The zero-order valence-corrected chi connectivity index (χ0v) is 18.5. The van der Waals surface area contributed by atoms with Crippen LogP contribution in [-0.4, -0.2) is 67.7 Å². The molecule has 9 nitrogen and oxygen atoms in total. The molecule has 10 heteroatoms. The van der Waals surface area contributed by atoms with E-state index in [2.05, 4.69) is 5.32 Å². The van der Waals surface area contributed by atoms with Crippen molar-refractivity contribution in [2.45, 2.75) is 24.8 Å². The summed E-state index contributed by atoms with van der Waals surface area (Å²) in [6.07, 6.45) is 0. The molecule has 168 valence electrons. The highest BCUT2D eigenvalue weighted by Gasteiger charge is 2.40. The molecule has 0 bridgehead atoms. The molecular formula is C22H23N3O6S. The van der Waals surface area contributed by atoms with Gasteiger partial charge in [-0.1, -0.05) is 18.2 Å². The summed E-state index contributed by atoms with van der Waals surface area (Å²) in [5.74, 6) is -1.67. The Morgan fingerprint density at radius 1 is 1.03 bits per heavy atom. The van der Waals surface area contributed by atoms with E-state index >= 15 is 0 Å². The van der Waals surface area contributed by atoms with E-state index in [0.29, 0.717) is 18.8 Å². The zero-order valence-electron chi connectivity index (χ0n) is 17.7. The first-order chi connectivity index (χ1) is 15.2. The first-order valence-electron chi connectivity index (χ1n) is 10.2. The molecule has 2 aliphatic rings. The third kappa shape index (κ3) is 3.81. The van der Waals surface area contributed by atoms with Crippen LogP contribution in [0.4, 0.5) is 5.69 Å². The van der Waals surface area contributed by atoms with E-state index in [9.17, 15) is 22.8 Å². The summed E-state index contributed by atoms with van der Waals surface area (Å²) < 4.78 is 32.7. The van der Waals surface area contributed by atoms with E-state index in [1.807, 2.05) is 0 Å². The van der Waals surface area contributed by atoms with Crippen LogP contribution in [0.1, 0.15) is 33.2 Å². The second-order valence-electron chi connectivity index (χ2n) is 7.69. The predicted octanol–water partition coefficient (Wildman–Crippen LogP) is 1.64. The maximum absolute atomic E-state index is 13.1. The second-order valence-corrected chi connectivity index (χ2v) is 9.59. The fourth-order valence-corrected chi connectivity index (χ4v) is 5.46. The maximum atomic E-state index is 13.1. The largest absolute Gasteiger partial charge is 0.379 e. The molecule has 3 amide bonds. The van der Waals surface area contributed by atoms with Gasteiger partial charge in [0.1, 0.15) is 6.04 Å². The molecule has 2 aromatic rings. The van der Waals surface area contributed by atoms with Crippen LogP contribution in [0.25, 0.3) is 0 Å². The Morgan fingerprint density at radius 3 is 2.22 bits per heavy atom. The highest BCUT2D eigenvalue weighted by Crippen LogP contribution is 2.27. The van der Waals surface area contributed by atoms with Crippen LogP contribution in [0.2, 0.25) is 0 Å². The molecular weight excluding hydrogens is 434 g/mol. The highest BCUT2D eigenvalue weighted by atomic mass is 32.2. The SMILES string of the molecule is Cc1ccc(NC(=O)[C@@H](C)N2C(=O)c3ccccc3C2=O)cc1S(=O)(=O)N1CCOCC1. The molecule has 0 spiro atoms. The lowest BCUT2D eigenvalue weighted by molar-refractivity contribution is -0.119. The van der Waals surface area contributed by atoms with Crippen molar-refractivity contribution in [2.24, 2.45) is 0 Å². The molecule has 2 heterocycles. The average molecular weight is 458 g/mol. The third-order valence-corrected chi connectivity index (χ3v) is 7.68.